The van der Waals surface area contributed by atoms with Gasteiger partial charge in [-0.25, -0.2) is 8.78 Å². The lowest BCUT2D eigenvalue weighted by Crippen LogP contribution is -2.24. The minimum atomic E-state index is -0.565. The monoisotopic (exact) mass is 329 g/mol. The van der Waals surface area contributed by atoms with Gasteiger partial charge in [0.25, 0.3) is 0 Å². The van der Waals surface area contributed by atoms with Crippen LogP contribution in [0.25, 0.3) is 0 Å². The van der Waals surface area contributed by atoms with Crippen LogP contribution in [0, 0.1) is 11.6 Å². The molecule has 2 unspecified atom stereocenters. The zero-order chi connectivity index (χ0) is 15.6. The van der Waals surface area contributed by atoms with E-state index in [2.05, 4.69) is 5.32 Å². The lowest BCUT2D eigenvalue weighted by Gasteiger charge is -2.22. The molecule has 0 radical (unpaired) electrons. The highest BCUT2D eigenvalue weighted by atomic mass is 35.5. The van der Waals surface area contributed by atoms with Crippen LogP contribution in [0.2, 0.25) is 10.0 Å². The van der Waals surface area contributed by atoms with Crippen molar-refractivity contribution in [3.63, 3.8) is 0 Å². The number of nitrogens with one attached hydrogen (secondary N) is 1. The molecule has 0 heterocycles. The van der Waals surface area contributed by atoms with Crippen LogP contribution in [0.1, 0.15) is 37.1 Å². The molecule has 0 aliphatic carbocycles. The van der Waals surface area contributed by atoms with Crippen LogP contribution < -0.4 is 5.32 Å². The third kappa shape index (κ3) is 3.73. The van der Waals surface area contributed by atoms with Gasteiger partial charge in [-0.15, -0.1) is 0 Å². The Morgan fingerprint density at radius 2 is 1.57 bits per heavy atom. The van der Waals surface area contributed by atoms with Gasteiger partial charge in [0, 0.05) is 27.7 Å². The summed E-state index contributed by atoms with van der Waals surface area (Å²) in [5.74, 6) is -1.13. The first-order chi connectivity index (χ1) is 9.90. The summed E-state index contributed by atoms with van der Waals surface area (Å²) in [7, 11) is 0. The number of halogens is 4. The van der Waals surface area contributed by atoms with Crippen molar-refractivity contribution in [1.29, 1.82) is 0 Å². The second-order valence-electron chi connectivity index (χ2n) is 4.91. The molecule has 2 atom stereocenters. The first kappa shape index (κ1) is 16.2. The van der Waals surface area contributed by atoms with Crippen molar-refractivity contribution in [1.82, 2.24) is 5.32 Å². The maximum Gasteiger partial charge on any atom is 0.130 e. The van der Waals surface area contributed by atoms with Crippen molar-refractivity contribution < 1.29 is 8.78 Å². The molecule has 0 aliphatic heterocycles. The van der Waals surface area contributed by atoms with Gasteiger partial charge in [-0.05, 0) is 43.7 Å². The van der Waals surface area contributed by atoms with Crippen LogP contribution in [0.4, 0.5) is 8.78 Å². The van der Waals surface area contributed by atoms with Gasteiger partial charge in [0.2, 0.25) is 0 Å². The molecule has 21 heavy (non-hydrogen) atoms. The molecule has 0 spiro atoms. The zero-order valence-corrected chi connectivity index (χ0v) is 13.1. The minimum absolute atomic E-state index is 0.0226. The van der Waals surface area contributed by atoms with E-state index in [1.165, 1.54) is 18.2 Å². The van der Waals surface area contributed by atoms with Crippen LogP contribution in [-0.2, 0) is 0 Å². The van der Waals surface area contributed by atoms with Gasteiger partial charge in [-0.2, -0.15) is 0 Å². The fourth-order valence-electron chi connectivity index (χ4n) is 2.33. The fourth-order valence-corrected chi connectivity index (χ4v) is 2.90. The predicted molar refractivity (Wildman–Crippen MR) is 82.8 cm³/mol. The molecular formula is C16H15Cl2F2N. The number of hydrogen-bond donors (Lipinski definition) is 1. The molecule has 112 valence electrons. The third-order valence-corrected chi connectivity index (χ3v) is 3.92. The van der Waals surface area contributed by atoms with Gasteiger partial charge in [-0.1, -0.05) is 35.3 Å². The Morgan fingerprint density at radius 3 is 2.14 bits per heavy atom. The molecule has 0 fully saturated rings. The van der Waals surface area contributed by atoms with Crippen LogP contribution in [0.15, 0.2) is 36.4 Å². The lowest BCUT2D eigenvalue weighted by molar-refractivity contribution is 0.450. The molecule has 0 saturated carbocycles. The van der Waals surface area contributed by atoms with Gasteiger partial charge < -0.3 is 5.32 Å². The first-order valence-electron chi connectivity index (χ1n) is 6.55. The van der Waals surface area contributed by atoms with Crippen LogP contribution >= 0.6 is 23.2 Å². The van der Waals surface area contributed by atoms with E-state index in [-0.39, 0.29) is 11.6 Å². The molecule has 5 heteroatoms. The lowest BCUT2D eigenvalue weighted by atomic mass is 10.0. The highest BCUT2D eigenvalue weighted by molar-refractivity contribution is 6.35. The van der Waals surface area contributed by atoms with E-state index in [1.807, 2.05) is 6.92 Å². The van der Waals surface area contributed by atoms with E-state index in [0.29, 0.717) is 10.0 Å². The van der Waals surface area contributed by atoms with E-state index in [4.69, 9.17) is 23.2 Å². The Morgan fingerprint density at radius 1 is 0.952 bits per heavy atom. The molecule has 0 amide bonds. The molecule has 2 aromatic carbocycles. The third-order valence-electron chi connectivity index (χ3n) is 3.36. The first-order valence-corrected chi connectivity index (χ1v) is 7.30. The van der Waals surface area contributed by atoms with E-state index in [1.54, 1.807) is 25.1 Å². The summed E-state index contributed by atoms with van der Waals surface area (Å²) in [6.07, 6.45) is 0. The SMILES string of the molecule is CC(NC(C)c1c(F)cccc1F)c1ccc(Cl)cc1Cl. The summed E-state index contributed by atoms with van der Waals surface area (Å²) in [4.78, 5) is 0. The summed E-state index contributed by atoms with van der Waals surface area (Å²) in [5.41, 5.74) is 0.846. The van der Waals surface area contributed by atoms with E-state index < -0.39 is 17.7 Å². The largest absolute Gasteiger partial charge is 0.303 e. The second-order valence-corrected chi connectivity index (χ2v) is 5.75. The van der Waals surface area contributed by atoms with Gasteiger partial charge in [0.1, 0.15) is 11.6 Å². The van der Waals surface area contributed by atoms with Crippen molar-refractivity contribution in [2.24, 2.45) is 0 Å². The van der Waals surface area contributed by atoms with Gasteiger partial charge >= 0.3 is 0 Å². The molecule has 2 aromatic rings. The van der Waals surface area contributed by atoms with Crippen molar-refractivity contribution in [3.05, 3.63) is 69.2 Å². The summed E-state index contributed by atoms with van der Waals surface area (Å²) < 4.78 is 27.5. The standard InChI is InChI=1S/C16H15Cl2F2N/c1-9(12-7-6-11(17)8-13(12)18)21-10(2)16-14(19)4-3-5-15(16)20/h3-10,21H,1-2H3. The van der Waals surface area contributed by atoms with E-state index in [9.17, 15) is 8.78 Å². The summed E-state index contributed by atoms with van der Waals surface area (Å²) in [6.45, 7) is 3.59. The molecule has 0 saturated heterocycles. The van der Waals surface area contributed by atoms with Gasteiger partial charge in [0.15, 0.2) is 0 Å². The molecule has 0 aliphatic rings. The van der Waals surface area contributed by atoms with Crippen LogP contribution in [-0.4, -0.2) is 0 Å². The number of benzene rings is 2. The Labute approximate surface area is 132 Å². The van der Waals surface area contributed by atoms with E-state index >= 15 is 0 Å². The van der Waals surface area contributed by atoms with Crippen LogP contribution in [0.5, 0.6) is 0 Å². The Kier molecular flexibility index (Phi) is 5.20. The topological polar surface area (TPSA) is 12.0 Å². The normalized spacial score (nSPS) is 14.0. The molecule has 1 nitrogen and oxygen atoms in total. The molecule has 2 rings (SSSR count). The smallest absolute Gasteiger partial charge is 0.130 e. The summed E-state index contributed by atoms with van der Waals surface area (Å²) >= 11 is 12.0. The zero-order valence-electron chi connectivity index (χ0n) is 11.6. The molecule has 0 aromatic heterocycles. The average molecular weight is 330 g/mol. The molecular weight excluding hydrogens is 315 g/mol. The quantitative estimate of drug-likeness (QED) is 0.760. The maximum absolute atomic E-state index is 13.8. The van der Waals surface area contributed by atoms with Gasteiger partial charge in [0.05, 0.1) is 0 Å². The van der Waals surface area contributed by atoms with Crippen molar-refractivity contribution >= 4 is 23.2 Å². The van der Waals surface area contributed by atoms with E-state index in [0.717, 1.165) is 5.56 Å². The summed E-state index contributed by atoms with van der Waals surface area (Å²) in [5, 5.41) is 4.21. The van der Waals surface area contributed by atoms with Crippen molar-refractivity contribution in [2.75, 3.05) is 0 Å². The van der Waals surface area contributed by atoms with Crippen molar-refractivity contribution in [2.45, 2.75) is 25.9 Å². The van der Waals surface area contributed by atoms with Gasteiger partial charge in [-0.3, -0.25) is 0 Å². The Hall–Kier alpha value is -1.16. The molecule has 0 bridgehead atoms. The Bertz CT molecular complexity index is 626. The summed E-state index contributed by atoms with van der Waals surface area (Å²) in [6, 6.07) is 8.34. The molecule has 1 N–H and O–H groups in total. The minimum Gasteiger partial charge on any atom is -0.303 e. The fraction of sp³-hybridized carbons (Fsp3) is 0.250. The van der Waals surface area contributed by atoms with Crippen molar-refractivity contribution in [3.8, 4) is 0 Å². The number of rotatable bonds is 4. The Balaban J connectivity index is 2.21. The highest BCUT2D eigenvalue weighted by Gasteiger charge is 2.19. The number of hydrogen-bond acceptors (Lipinski definition) is 1. The average Bonchev–Trinajstić information content (AvgIpc) is 2.37. The second kappa shape index (κ2) is 6.73. The highest BCUT2D eigenvalue weighted by Crippen LogP contribution is 2.29. The maximum atomic E-state index is 13.8. The predicted octanol–water partition coefficient (Wildman–Crippen LogP) is 5.68. The van der Waals surface area contributed by atoms with Crippen LogP contribution in [0.3, 0.4) is 0 Å².